The van der Waals surface area contributed by atoms with E-state index in [9.17, 15) is 13.2 Å². The lowest BCUT2D eigenvalue weighted by Crippen LogP contribution is -2.48. The van der Waals surface area contributed by atoms with Crippen molar-refractivity contribution < 1.29 is 14.5 Å². The summed E-state index contributed by atoms with van der Waals surface area (Å²) in [5.74, 6) is 0. The molecule has 1 aliphatic rings. The molecule has 0 saturated carbocycles. The second-order valence-electron chi connectivity index (χ2n) is 3.75. The number of piperidine rings is 1. The minimum atomic E-state index is -4.13. The van der Waals surface area contributed by atoms with E-state index in [1.54, 1.807) is 13.8 Å². The van der Waals surface area contributed by atoms with Crippen LogP contribution in [-0.2, 0) is 0 Å². The average Bonchev–Trinajstić information content (AvgIpc) is 1.95. The largest absolute Gasteiger partial charge is 0.401 e. The van der Waals surface area contributed by atoms with Gasteiger partial charge in [0.2, 0.25) is 0 Å². The summed E-state index contributed by atoms with van der Waals surface area (Å²) in [7, 11) is 0. The van der Waals surface area contributed by atoms with Gasteiger partial charge >= 0.3 is 6.18 Å². The van der Waals surface area contributed by atoms with Crippen molar-refractivity contribution in [2.75, 3.05) is 6.54 Å². The molecule has 0 bridgehead atoms. The fraction of sp³-hybridized carbons (Fsp3) is 1.00. The molecule has 1 fully saturated rings. The van der Waals surface area contributed by atoms with Gasteiger partial charge in [0.25, 0.3) is 0 Å². The number of likely N-dealkylation sites (tertiary alicyclic amines) is 1. The highest BCUT2D eigenvalue weighted by Gasteiger charge is 2.36. The normalized spacial score (nSPS) is 38.8. The Bertz CT molecular complexity index is 183. The van der Waals surface area contributed by atoms with Gasteiger partial charge in [0.05, 0.1) is 6.54 Å². The molecule has 0 spiro atoms. The van der Waals surface area contributed by atoms with Gasteiger partial charge in [-0.15, -0.1) is 0 Å². The van der Waals surface area contributed by atoms with E-state index in [1.807, 2.05) is 0 Å². The summed E-state index contributed by atoms with van der Waals surface area (Å²) in [4.78, 5) is 1.45. The molecule has 0 aliphatic carbocycles. The molecule has 1 rings (SSSR count). The van der Waals surface area contributed by atoms with E-state index in [2.05, 4.69) is 0 Å². The van der Waals surface area contributed by atoms with Crippen LogP contribution in [0.25, 0.3) is 0 Å². The molecule has 4 heteroatoms. The SMILES string of the molecule is [2H]C1C[C@@H](C)N(CC(F)(F)F)[C@@H](C)C1. The molecule has 78 valence electrons. The number of alkyl halides is 3. The van der Waals surface area contributed by atoms with Crippen molar-refractivity contribution in [3.8, 4) is 0 Å². The van der Waals surface area contributed by atoms with Crippen LogP contribution < -0.4 is 0 Å². The first-order chi connectivity index (χ1) is 6.29. The molecule has 1 aliphatic heterocycles. The van der Waals surface area contributed by atoms with E-state index in [-0.39, 0.29) is 18.5 Å². The van der Waals surface area contributed by atoms with Crippen molar-refractivity contribution >= 4 is 0 Å². The molecule has 0 aromatic carbocycles. The van der Waals surface area contributed by atoms with E-state index >= 15 is 0 Å². The second kappa shape index (κ2) is 3.86. The molecule has 1 saturated heterocycles. The third kappa shape index (κ3) is 3.18. The van der Waals surface area contributed by atoms with E-state index in [0.717, 1.165) is 0 Å². The first-order valence-corrected chi connectivity index (χ1v) is 4.54. The predicted octanol–water partition coefficient (Wildman–Crippen LogP) is 2.81. The highest BCUT2D eigenvalue weighted by Crippen LogP contribution is 2.26. The third-order valence-corrected chi connectivity index (χ3v) is 2.51. The van der Waals surface area contributed by atoms with Crippen LogP contribution in [0.15, 0.2) is 0 Å². The zero-order chi connectivity index (χ0) is 10.9. The molecular weight excluding hydrogens is 179 g/mol. The van der Waals surface area contributed by atoms with E-state index in [4.69, 9.17) is 1.37 Å². The smallest absolute Gasteiger partial charge is 0.290 e. The maximum absolute atomic E-state index is 12.2. The van der Waals surface area contributed by atoms with Gasteiger partial charge in [-0.25, -0.2) is 0 Å². The van der Waals surface area contributed by atoms with Crippen LogP contribution in [0.4, 0.5) is 13.2 Å². The van der Waals surface area contributed by atoms with Gasteiger partial charge in [0, 0.05) is 13.5 Å². The average molecular weight is 196 g/mol. The van der Waals surface area contributed by atoms with Gasteiger partial charge in [-0.2, -0.15) is 13.2 Å². The number of rotatable bonds is 1. The first-order valence-electron chi connectivity index (χ1n) is 5.12. The summed E-state index contributed by atoms with van der Waals surface area (Å²) in [6.07, 6.45) is -3.25. The van der Waals surface area contributed by atoms with Crippen LogP contribution in [0.5, 0.6) is 0 Å². The second-order valence-corrected chi connectivity index (χ2v) is 3.75. The van der Waals surface area contributed by atoms with E-state index in [0.29, 0.717) is 12.8 Å². The Morgan fingerprint density at radius 3 is 2.15 bits per heavy atom. The third-order valence-electron chi connectivity index (χ3n) is 2.51. The van der Waals surface area contributed by atoms with Crippen molar-refractivity contribution in [1.29, 1.82) is 0 Å². The standard InChI is InChI=1S/C9H16F3N/c1-7-4-3-5-8(2)13(7)6-9(10,11)12/h7-8H,3-6H2,1-2H3/t7-,8+/i3D/t3?,7-,8+. The minimum absolute atomic E-state index is 0.136. The maximum Gasteiger partial charge on any atom is 0.401 e. The highest BCUT2D eigenvalue weighted by atomic mass is 19.4. The number of hydrogen-bond acceptors (Lipinski definition) is 1. The van der Waals surface area contributed by atoms with Crippen LogP contribution in [0, 0.1) is 0 Å². The summed E-state index contributed by atoms with van der Waals surface area (Å²) in [6.45, 7) is 2.69. The van der Waals surface area contributed by atoms with Gasteiger partial charge in [0.15, 0.2) is 0 Å². The summed E-state index contributed by atoms with van der Waals surface area (Å²) in [5.41, 5.74) is 0. The predicted molar refractivity (Wildman–Crippen MR) is 45.5 cm³/mol. The lowest BCUT2D eigenvalue weighted by molar-refractivity contribution is -0.158. The van der Waals surface area contributed by atoms with Gasteiger partial charge in [0.1, 0.15) is 0 Å². The van der Waals surface area contributed by atoms with E-state index in [1.165, 1.54) is 4.90 Å². The molecular formula is C9H16F3N. The first kappa shape index (κ1) is 9.31. The fourth-order valence-electron chi connectivity index (χ4n) is 1.80. The van der Waals surface area contributed by atoms with Crippen molar-refractivity contribution in [1.82, 2.24) is 4.90 Å². The van der Waals surface area contributed by atoms with Crippen LogP contribution >= 0.6 is 0 Å². The number of nitrogens with zero attached hydrogens (tertiary/aromatic N) is 1. The van der Waals surface area contributed by atoms with Crippen molar-refractivity contribution in [3.63, 3.8) is 0 Å². The van der Waals surface area contributed by atoms with E-state index < -0.39 is 12.7 Å². The van der Waals surface area contributed by atoms with Crippen LogP contribution in [0.1, 0.15) is 34.5 Å². The highest BCUT2D eigenvalue weighted by molar-refractivity contribution is 4.80. The molecule has 3 atom stereocenters. The number of halogens is 3. The van der Waals surface area contributed by atoms with Crippen molar-refractivity contribution in [2.24, 2.45) is 0 Å². The van der Waals surface area contributed by atoms with Crippen molar-refractivity contribution in [2.45, 2.75) is 51.3 Å². The minimum Gasteiger partial charge on any atom is -0.290 e. The summed E-state index contributed by atoms with van der Waals surface area (Å²) in [5, 5.41) is 0. The molecule has 0 amide bonds. The summed E-state index contributed by atoms with van der Waals surface area (Å²) in [6, 6.07) is -0.272. The Labute approximate surface area is 78.3 Å². The Hall–Kier alpha value is -0.250. The fourth-order valence-corrected chi connectivity index (χ4v) is 1.80. The van der Waals surface area contributed by atoms with Gasteiger partial charge in [-0.3, -0.25) is 4.90 Å². The van der Waals surface area contributed by atoms with Crippen LogP contribution in [0.3, 0.4) is 0 Å². The molecule has 0 aromatic heterocycles. The zero-order valence-electron chi connectivity index (χ0n) is 8.93. The summed E-state index contributed by atoms with van der Waals surface area (Å²) >= 11 is 0. The summed E-state index contributed by atoms with van der Waals surface area (Å²) < 4.78 is 44.1. The zero-order valence-corrected chi connectivity index (χ0v) is 7.93. The molecule has 1 unspecified atom stereocenters. The molecule has 0 N–H and O–H groups in total. The Balaban J connectivity index is 2.58. The lowest BCUT2D eigenvalue weighted by atomic mass is 9.98. The molecule has 1 nitrogen and oxygen atoms in total. The lowest BCUT2D eigenvalue weighted by Gasteiger charge is -2.39. The molecule has 13 heavy (non-hydrogen) atoms. The van der Waals surface area contributed by atoms with Crippen LogP contribution in [-0.4, -0.2) is 29.7 Å². The maximum atomic E-state index is 12.2. The topological polar surface area (TPSA) is 3.24 Å². The Morgan fingerprint density at radius 1 is 1.31 bits per heavy atom. The van der Waals surface area contributed by atoms with Gasteiger partial charge < -0.3 is 0 Å². The number of hydrogen-bond donors (Lipinski definition) is 0. The van der Waals surface area contributed by atoms with Crippen molar-refractivity contribution in [3.05, 3.63) is 0 Å². The van der Waals surface area contributed by atoms with Gasteiger partial charge in [-0.1, -0.05) is 6.40 Å². The Morgan fingerprint density at radius 2 is 1.77 bits per heavy atom. The Kier molecular flexibility index (Phi) is 2.77. The van der Waals surface area contributed by atoms with Gasteiger partial charge in [-0.05, 0) is 26.7 Å². The monoisotopic (exact) mass is 196 g/mol. The molecule has 0 radical (unpaired) electrons. The molecule has 0 aromatic rings. The quantitative estimate of drug-likeness (QED) is 0.623. The van der Waals surface area contributed by atoms with Crippen LogP contribution in [0.2, 0.25) is 0 Å². The molecule has 1 heterocycles.